The first-order valence-electron chi connectivity index (χ1n) is 6.57. The van der Waals surface area contributed by atoms with Crippen LogP contribution in [0.3, 0.4) is 0 Å². The maximum absolute atomic E-state index is 4.50. The Balaban J connectivity index is -0.000000179. The van der Waals surface area contributed by atoms with Crippen LogP contribution in [0.4, 0.5) is 0 Å². The molecule has 0 fully saturated rings. The highest BCUT2D eigenvalue weighted by molar-refractivity contribution is 4.99. The number of rotatable bonds is 4. The molecule has 0 heterocycles. The molecular weight excluding hydrogens is 208 g/mol. The van der Waals surface area contributed by atoms with Crippen molar-refractivity contribution in [2.75, 3.05) is 14.1 Å². The van der Waals surface area contributed by atoms with Crippen LogP contribution in [-0.4, -0.2) is 14.1 Å². The first-order chi connectivity index (χ1) is 8.41. The number of nitrogens with two attached hydrogens (primary N) is 2. The van der Waals surface area contributed by atoms with Gasteiger partial charge in [-0.25, -0.2) is 0 Å². The summed E-state index contributed by atoms with van der Waals surface area (Å²) in [6, 6.07) is 12.0. The second-order valence-corrected chi connectivity index (χ2v) is 3.22. The fraction of sp³-hybridized carbons (Fsp3) is 0.600. The Labute approximate surface area is 108 Å². The molecule has 0 aliphatic heterocycles. The zero-order valence-corrected chi connectivity index (χ0v) is 12.2. The van der Waals surface area contributed by atoms with Crippen molar-refractivity contribution in [2.24, 2.45) is 11.5 Å². The molecule has 0 aromatic heterocycles. The average molecular weight is 240 g/mol. The van der Waals surface area contributed by atoms with Gasteiger partial charge in [-0.3, -0.25) is 0 Å². The highest BCUT2D eigenvalue weighted by atomic mass is 14.4. The van der Waals surface area contributed by atoms with E-state index in [4.69, 9.17) is 0 Å². The molecule has 0 aliphatic carbocycles. The summed E-state index contributed by atoms with van der Waals surface area (Å²) in [6.07, 6.45) is 7.01. The highest BCUT2D eigenvalue weighted by Gasteiger charge is 1.80. The standard InChI is InChI=1S/C7H16.C6H6.2CH5N/c1-3-5-7-6-4-2;1-2-4-6-5-3-1;2*1-2/h3-7H2,1-2H3;1-6H;2*2H2,1H3. The summed E-state index contributed by atoms with van der Waals surface area (Å²) >= 11 is 0. The lowest BCUT2D eigenvalue weighted by Crippen LogP contribution is -1.70. The molecule has 2 heteroatoms. The van der Waals surface area contributed by atoms with Gasteiger partial charge in [-0.2, -0.15) is 0 Å². The molecule has 0 unspecified atom stereocenters. The zero-order chi connectivity index (χ0) is 13.8. The largest absolute Gasteiger partial charge is 0.333 e. The lowest BCUT2D eigenvalue weighted by atomic mass is 10.2. The minimum Gasteiger partial charge on any atom is -0.333 e. The van der Waals surface area contributed by atoms with Gasteiger partial charge in [0.15, 0.2) is 0 Å². The van der Waals surface area contributed by atoms with Crippen molar-refractivity contribution in [3.63, 3.8) is 0 Å². The summed E-state index contributed by atoms with van der Waals surface area (Å²) in [5, 5.41) is 0. The van der Waals surface area contributed by atoms with E-state index in [1.54, 1.807) is 0 Å². The van der Waals surface area contributed by atoms with Crippen molar-refractivity contribution in [3.8, 4) is 0 Å². The normalized spacial score (nSPS) is 7.41. The molecule has 0 bridgehead atoms. The molecule has 0 amide bonds. The lowest BCUT2D eigenvalue weighted by molar-refractivity contribution is 0.656. The topological polar surface area (TPSA) is 52.0 Å². The fourth-order valence-electron chi connectivity index (χ4n) is 1.06. The van der Waals surface area contributed by atoms with E-state index >= 15 is 0 Å². The van der Waals surface area contributed by atoms with Crippen LogP contribution in [0.15, 0.2) is 36.4 Å². The first kappa shape index (κ1) is 21.4. The van der Waals surface area contributed by atoms with E-state index in [1.807, 2.05) is 36.4 Å². The van der Waals surface area contributed by atoms with Crippen LogP contribution in [0.5, 0.6) is 0 Å². The van der Waals surface area contributed by atoms with Crippen LogP contribution in [-0.2, 0) is 0 Å². The Bertz CT molecular complexity index is 133. The van der Waals surface area contributed by atoms with Crippen LogP contribution in [0.2, 0.25) is 0 Å². The molecule has 0 radical (unpaired) electrons. The average Bonchev–Trinajstić information content (AvgIpc) is 2.46. The first-order valence-corrected chi connectivity index (χ1v) is 6.57. The zero-order valence-electron chi connectivity index (χ0n) is 12.2. The number of benzene rings is 1. The third-order valence-corrected chi connectivity index (χ3v) is 1.87. The van der Waals surface area contributed by atoms with Crippen LogP contribution in [0.1, 0.15) is 46.0 Å². The van der Waals surface area contributed by atoms with Gasteiger partial charge in [0.05, 0.1) is 0 Å². The van der Waals surface area contributed by atoms with E-state index in [0.29, 0.717) is 0 Å². The number of hydrogen-bond acceptors (Lipinski definition) is 2. The van der Waals surface area contributed by atoms with Crippen molar-refractivity contribution < 1.29 is 0 Å². The third-order valence-electron chi connectivity index (χ3n) is 1.87. The second-order valence-electron chi connectivity index (χ2n) is 3.22. The van der Waals surface area contributed by atoms with Gasteiger partial charge in [0.1, 0.15) is 0 Å². The Morgan fingerprint density at radius 2 is 0.765 bits per heavy atom. The van der Waals surface area contributed by atoms with Crippen LogP contribution >= 0.6 is 0 Å². The molecule has 4 N–H and O–H groups in total. The minimum atomic E-state index is 1.36. The molecular formula is C15H32N2. The number of hydrogen-bond donors (Lipinski definition) is 2. The molecule has 0 atom stereocenters. The molecule has 0 saturated carbocycles. The Hall–Kier alpha value is -0.860. The van der Waals surface area contributed by atoms with Crippen molar-refractivity contribution in [2.45, 2.75) is 46.0 Å². The van der Waals surface area contributed by atoms with Crippen molar-refractivity contribution in [1.29, 1.82) is 0 Å². The minimum absolute atomic E-state index is 1.36. The smallest absolute Gasteiger partial charge is 0.0195 e. The van der Waals surface area contributed by atoms with E-state index in [-0.39, 0.29) is 0 Å². The molecule has 1 aromatic rings. The summed E-state index contributed by atoms with van der Waals surface area (Å²) in [5.41, 5.74) is 9.00. The van der Waals surface area contributed by atoms with Crippen molar-refractivity contribution in [1.82, 2.24) is 0 Å². The van der Waals surface area contributed by atoms with Crippen LogP contribution < -0.4 is 11.5 Å². The van der Waals surface area contributed by atoms with Gasteiger partial charge in [-0.15, -0.1) is 0 Å². The predicted octanol–water partition coefficient (Wildman–Crippen LogP) is 3.81. The van der Waals surface area contributed by atoms with Gasteiger partial charge in [0.25, 0.3) is 0 Å². The molecule has 2 nitrogen and oxygen atoms in total. The number of unbranched alkanes of at least 4 members (excludes halogenated alkanes) is 4. The van der Waals surface area contributed by atoms with E-state index in [9.17, 15) is 0 Å². The van der Waals surface area contributed by atoms with Crippen molar-refractivity contribution >= 4 is 0 Å². The fourth-order valence-corrected chi connectivity index (χ4v) is 1.06. The Morgan fingerprint density at radius 1 is 0.529 bits per heavy atom. The van der Waals surface area contributed by atoms with Crippen LogP contribution in [0, 0.1) is 0 Å². The molecule has 0 aliphatic rings. The second kappa shape index (κ2) is 29.4. The Kier molecular flexibility index (Phi) is 37.1. The Morgan fingerprint density at radius 3 is 0.941 bits per heavy atom. The summed E-state index contributed by atoms with van der Waals surface area (Å²) in [4.78, 5) is 0. The molecule has 102 valence electrons. The van der Waals surface area contributed by atoms with Gasteiger partial charge >= 0.3 is 0 Å². The summed E-state index contributed by atoms with van der Waals surface area (Å²) in [7, 11) is 3.00. The van der Waals surface area contributed by atoms with E-state index < -0.39 is 0 Å². The van der Waals surface area contributed by atoms with Crippen LogP contribution in [0.25, 0.3) is 0 Å². The molecule has 1 rings (SSSR count). The summed E-state index contributed by atoms with van der Waals surface area (Å²) in [5.74, 6) is 0. The van der Waals surface area contributed by atoms with Crippen molar-refractivity contribution in [3.05, 3.63) is 36.4 Å². The maximum Gasteiger partial charge on any atom is -0.0195 e. The molecule has 0 spiro atoms. The van der Waals surface area contributed by atoms with Gasteiger partial charge < -0.3 is 11.5 Å². The quantitative estimate of drug-likeness (QED) is 0.786. The molecule has 1 aromatic carbocycles. The monoisotopic (exact) mass is 240 g/mol. The predicted molar refractivity (Wildman–Crippen MR) is 81.1 cm³/mol. The van der Waals surface area contributed by atoms with Gasteiger partial charge in [0, 0.05) is 0 Å². The summed E-state index contributed by atoms with van der Waals surface area (Å²) in [6.45, 7) is 4.49. The van der Waals surface area contributed by atoms with E-state index in [2.05, 4.69) is 25.3 Å². The highest BCUT2D eigenvalue weighted by Crippen LogP contribution is 2.00. The third kappa shape index (κ3) is 31.3. The van der Waals surface area contributed by atoms with Gasteiger partial charge in [-0.1, -0.05) is 82.3 Å². The van der Waals surface area contributed by atoms with E-state index in [0.717, 1.165) is 0 Å². The lowest BCUT2D eigenvalue weighted by Gasteiger charge is -1.90. The van der Waals surface area contributed by atoms with Gasteiger partial charge in [0.2, 0.25) is 0 Å². The maximum atomic E-state index is 4.50. The molecule has 0 saturated heterocycles. The summed E-state index contributed by atoms with van der Waals surface area (Å²) < 4.78 is 0. The SMILES string of the molecule is CCCCCCC.CN.CN.c1ccccc1. The molecule has 17 heavy (non-hydrogen) atoms. The van der Waals surface area contributed by atoms with E-state index in [1.165, 1.54) is 46.2 Å². The van der Waals surface area contributed by atoms with Gasteiger partial charge in [-0.05, 0) is 14.1 Å².